The summed E-state index contributed by atoms with van der Waals surface area (Å²) in [5.41, 5.74) is 1.45. The monoisotopic (exact) mass is 592 g/mol. The average molecular weight is 594 g/mol. The van der Waals surface area contributed by atoms with Crippen molar-refractivity contribution in [2.75, 3.05) is 6.61 Å². The van der Waals surface area contributed by atoms with Crippen molar-refractivity contribution in [1.82, 2.24) is 10.6 Å². The molecule has 3 aliphatic rings. The first kappa shape index (κ1) is 31.8. The van der Waals surface area contributed by atoms with Crippen molar-refractivity contribution < 1.29 is 32.5 Å². The molecule has 5 rings (SSSR count). The predicted octanol–water partition coefficient (Wildman–Crippen LogP) is 5.84. The summed E-state index contributed by atoms with van der Waals surface area (Å²) in [4.78, 5) is 0. The maximum absolute atomic E-state index is 12.9. The number of aliphatic hydroxyl groups excluding tert-OH is 1. The zero-order valence-electron chi connectivity index (χ0n) is 21.8. The number of piperidine rings is 1. The topological polar surface area (TPSA) is 72.0 Å². The lowest BCUT2D eigenvalue weighted by atomic mass is 9.78. The molecule has 2 aromatic rings. The van der Waals surface area contributed by atoms with Crippen molar-refractivity contribution in [3.63, 3.8) is 0 Å². The van der Waals surface area contributed by atoms with Gasteiger partial charge in [0.05, 0.1) is 18.2 Å². The lowest BCUT2D eigenvalue weighted by Crippen LogP contribution is -2.58. The number of aliphatic hydroxyl groups is 1. The van der Waals surface area contributed by atoms with E-state index in [1.54, 1.807) is 6.07 Å². The summed E-state index contributed by atoms with van der Waals surface area (Å²) in [6, 6.07) is 14.9. The molecule has 2 saturated heterocycles. The van der Waals surface area contributed by atoms with Crippen LogP contribution in [0.3, 0.4) is 0 Å². The quantitative estimate of drug-likeness (QED) is 0.285. The molecule has 11 heteroatoms. The fourth-order valence-corrected chi connectivity index (χ4v) is 5.75. The van der Waals surface area contributed by atoms with Crippen LogP contribution in [0.15, 0.2) is 48.5 Å². The molecule has 218 valence electrons. The van der Waals surface area contributed by atoms with E-state index in [2.05, 4.69) is 27.5 Å². The molecule has 39 heavy (non-hydrogen) atoms. The highest BCUT2D eigenvalue weighted by molar-refractivity contribution is 5.85. The Labute approximate surface area is 239 Å². The van der Waals surface area contributed by atoms with Crippen molar-refractivity contribution in [2.24, 2.45) is 5.92 Å². The summed E-state index contributed by atoms with van der Waals surface area (Å²) < 4.78 is 54.5. The number of hydrogen-bond donors (Lipinski definition) is 3. The first-order chi connectivity index (χ1) is 17.8. The molecule has 0 radical (unpaired) electrons. The van der Waals surface area contributed by atoms with Gasteiger partial charge in [-0.2, -0.15) is 0 Å². The van der Waals surface area contributed by atoms with Crippen molar-refractivity contribution in [3.8, 4) is 11.5 Å². The molecule has 3 N–H and O–H groups in total. The van der Waals surface area contributed by atoms with Gasteiger partial charge in [0.2, 0.25) is 0 Å². The summed E-state index contributed by atoms with van der Waals surface area (Å²) in [6.07, 6.45) is -0.283. The van der Waals surface area contributed by atoms with Crippen molar-refractivity contribution >= 4 is 24.8 Å². The molecule has 2 heterocycles. The van der Waals surface area contributed by atoms with Gasteiger partial charge in [-0.05, 0) is 68.2 Å². The molecule has 5 atom stereocenters. The highest BCUT2D eigenvalue weighted by atomic mass is 35.5. The van der Waals surface area contributed by atoms with Crippen LogP contribution in [0.2, 0.25) is 0 Å². The van der Waals surface area contributed by atoms with E-state index in [9.17, 15) is 18.3 Å². The highest BCUT2D eigenvalue weighted by Crippen LogP contribution is 2.46. The molecular weight excluding hydrogens is 556 g/mol. The SMILES string of the molecule is CCC(O)OC[C@@H]1C[C@]2(c3ccccc3)N[C@H]1CC[C@H]2NCc1cc(OC(F)(F)F)ccc1OC1CC1.Cl.Cl. The Morgan fingerprint density at radius 3 is 2.49 bits per heavy atom. The van der Waals surface area contributed by atoms with E-state index in [1.807, 2.05) is 25.1 Å². The standard InChI is InChI=1S/C28H35F3N2O4.2ClH/c1-2-26(34)35-17-19-15-27(20-6-4-3-5-7-20)25(13-11-23(19)33-27)32-16-18-14-22(37-28(29,30)31)10-12-24(18)36-21-8-9-21;;/h3-7,10,12,14,19,21,23,25-26,32-34H,2,8-9,11,13,15-17H2,1H3;2*1H/t19-,23-,25+,26?,27+;;/m0../s1. The second-order valence-electron chi connectivity index (χ2n) is 10.4. The van der Waals surface area contributed by atoms with Gasteiger partial charge in [-0.15, -0.1) is 38.0 Å². The molecule has 0 aromatic heterocycles. The van der Waals surface area contributed by atoms with E-state index < -0.39 is 12.7 Å². The average Bonchev–Trinajstić information content (AvgIpc) is 3.65. The number of nitrogens with one attached hydrogen (secondary N) is 2. The highest BCUT2D eigenvalue weighted by Gasteiger charge is 2.53. The maximum atomic E-state index is 12.9. The van der Waals surface area contributed by atoms with Crippen molar-refractivity contribution in [1.29, 1.82) is 0 Å². The molecule has 0 spiro atoms. The van der Waals surface area contributed by atoms with Gasteiger partial charge in [0.15, 0.2) is 6.29 Å². The number of benzene rings is 2. The van der Waals surface area contributed by atoms with Gasteiger partial charge < -0.3 is 30.0 Å². The summed E-state index contributed by atoms with van der Waals surface area (Å²) in [5.74, 6) is 0.580. The van der Waals surface area contributed by atoms with Gasteiger partial charge in [0.1, 0.15) is 11.5 Å². The van der Waals surface area contributed by atoms with Crippen LogP contribution in [0.25, 0.3) is 0 Å². The number of hydrogen-bond acceptors (Lipinski definition) is 6. The van der Waals surface area contributed by atoms with Crippen LogP contribution in [-0.2, 0) is 16.8 Å². The Hall–Kier alpha value is -1.75. The number of halogens is 5. The van der Waals surface area contributed by atoms with Crippen LogP contribution in [0.1, 0.15) is 56.6 Å². The lowest BCUT2D eigenvalue weighted by molar-refractivity contribution is -0.274. The first-order valence-electron chi connectivity index (χ1n) is 13.2. The molecule has 1 unspecified atom stereocenters. The Balaban J connectivity index is 0.00000210. The second kappa shape index (κ2) is 13.3. The van der Waals surface area contributed by atoms with Crippen molar-refractivity contribution in [3.05, 3.63) is 59.7 Å². The van der Waals surface area contributed by atoms with E-state index in [-0.39, 0.29) is 60.2 Å². The van der Waals surface area contributed by atoms with Crippen LogP contribution in [0.4, 0.5) is 13.2 Å². The zero-order valence-corrected chi connectivity index (χ0v) is 23.4. The summed E-state index contributed by atoms with van der Waals surface area (Å²) in [7, 11) is 0. The number of alkyl halides is 3. The first-order valence-corrected chi connectivity index (χ1v) is 13.2. The summed E-state index contributed by atoms with van der Waals surface area (Å²) in [6.45, 7) is 2.71. The molecule has 2 aliphatic heterocycles. The third-order valence-electron chi connectivity index (χ3n) is 7.72. The largest absolute Gasteiger partial charge is 0.573 e. The minimum Gasteiger partial charge on any atom is -0.490 e. The Kier molecular flexibility index (Phi) is 10.8. The summed E-state index contributed by atoms with van der Waals surface area (Å²) in [5, 5.41) is 17.5. The third kappa shape index (κ3) is 7.71. The van der Waals surface area contributed by atoms with Gasteiger partial charge in [-0.3, -0.25) is 0 Å². The van der Waals surface area contributed by atoms with Crippen LogP contribution in [0.5, 0.6) is 11.5 Å². The molecular formula is C28H37Cl2F3N2O4. The molecule has 1 saturated carbocycles. The minimum atomic E-state index is -4.75. The molecule has 3 fully saturated rings. The van der Waals surface area contributed by atoms with Crippen LogP contribution in [-0.4, -0.2) is 42.6 Å². The molecule has 2 aromatic carbocycles. The molecule has 6 nitrogen and oxygen atoms in total. The Bertz CT molecular complexity index is 1060. The maximum Gasteiger partial charge on any atom is 0.573 e. The van der Waals surface area contributed by atoms with Gasteiger partial charge >= 0.3 is 6.36 Å². The molecule has 2 bridgehead atoms. The normalized spacial score (nSPS) is 26.7. The van der Waals surface area contributed by atoms with E-state index in [1.165, 1.54) is 17.7 Å². The van der Waals surface area contributed by atoms with E-state index in [0.717, 1.165) is 32.1 Å². The van der Waals surface area contributed by atoms with Gasteiger partial charge in [0.25, 0.3) is 0 Å². The van der Waals surface area contributed by atoms with E-state index >= 15 is 0 Å². The second-order valence-corrected chi connectivity index (χ2v) is 10.4. The van der Waals surface area contributed by atoms with E-state index in [4.69, 9.17) is 9.47 Å². The predicted molar refractivity (Wildman–Crippen MR) is 147 cm³/mol. The number of fused-ring (bicyclic) bond motifs is 2. The zero-order chi connectivity index (χ0) is 26.0. The van der Waals surface area contributed by atoms with Gasteiger partial charge in [0, 0.05) is 24.2 Å². The fraction of sp³-hybridized carbons (Fsp3) is 0.571. The van der Waals surface area contributed by atoms with E-state index in [0.29, 0.717) is 30.9 Å². The van der Waals surface area contributed by atoms with Gasteiger partial charge in [-0.25, -0.2) is 0 Å². The van der Waals surface area contributed by atoms with Crippen LogP contribution in [0, 0.1) is 5.92 Å². The van der Waals surface area contributed by atoms with Gasteiger partial charge in [-0.1, -0.05) is 37.3 Å². The third-order valence-corrected chi connectivity index (χ3v) is 7.72. The number of ether oxygens (including phenoxy) is 3. The van der Waals surface area contributed by atoms with Crippen LogP contribution >= 0.6 is 24.8 Å². The summed E-state index contributed by atoms with van der Waals surface area (Å²) >= 11 is 0. The lowest BCUT2D eigenvalue weighted by Gasteiger charge is -2.43. The molecule has 0 amide bonds. The minimum absolute atomic E-state index is 0. The fourth-order valence-electron chi connectivity index (χ4n) is 5.75. The van der Waals surface area contributed by atoms with Crippen molar-refractivity contribution in [2.45, 2.75) is 88.4 Å². The number of rotatable bonds is 11. The van der Waals surface area contributed by atoms with Crippen LogP contribution < -0.4 is 20.1 Å². The Morgan fingerprint density at radius 1 is 1.08 bits per heavy atom. The molecule has 1 aliphatic carbocycles. The smallest absolute Gasteiger partial charge is 0.490 e. The Morgan fingerprint density at radius 2 is 1.82 bits per heavy atom.